The van der Waals surface area contributed by atoms with Gasteiger partial charge in [-0.3, -0.25) is 9.36 Å². The number of pyridine rings is 1. The summed E-state index contributed by atoms with van der Waals surface area (Å²) in [6, 6.07) is 17.0. The van der Waals surface area contributed by atoms with Crippen molar-refractivity contribution in [2.45, 2.75) is 6.54 Å². The van der Waals surface area contributed by atoms with Gasteiger partial charge in [-0.2, -0.15) is 0 Å². The summed E-state index contributed by atoms with van der Waals surface area (Å²) in [6.07, 6.45) is 6.62. The van der Waals surface area contributed by atoms with Crippen molar-refractivity contribution in [2.75, 3.05) is 7.11 Å². The summed E-state index contributed by atoms with van der Waals surface area (Å²) in [4.78, 5) is 21.0. The fraction of sp³-hybridized carbons (Fsp3) is 0.0870. The second kappa shape index (κ2) is 8.80. The summed E-state index contributed by atoms with van der Waals surface area (Å²) in [5.41, 5.74) is 3.54. The van der Waals surface area contributed by atoms with Crippen molar-refractivity contribution in [1.29, 1.82) is 0 Å². The molecule has 4 aromatic rings. The van der Waals surface area contributed by atoms with Gasteiger partial charge in [-0.05, 0) is 48.0 Å². The van der Waals surface area contributed by atoms with Gasteiger partial charge in [0.25, 0.3) is 0 Å². The molecule has 0 unspecified atom stereocenters. The number of hydrogen-bond donors (Lipinski definition) is 1. The number of para-hydroxylation sites is 2. The molecule has 0 aliphatic rings. The van der Waals surface area contributed by atoms with E-state index in [2.05, 4.69) is 15.3 Å². The SMILES string of the molecule is COc1ccc(Cl)cc1/C=C/C(=O)NCc1ccc(-n2cnc3ccccc32)nc1. The lowest BCUT2D eigenvalue weighted by molar-refractivity contribution is -0.116. The molecule has 0 radical (unpaired) electrons. The van der Waals surface area contributed by atoms with Crippen LogP contribution in [0.3, 0.4) is 0 Å². The highest BCUT2D eigenvalue weighted by Crippen LogP contribution is 2.23. The molecule has 30 heavy (non-hydrogen) atoms. The Hall–Kier alpha value is -3.64. The number of halogens is 1. The molecule has 1 N–H and O–H groups in total. The van der Waals surface area contributed by atoms with Crippen LogP contribution in [0.1, 0.15) is 11.1 Å². The first-order valence-corrected chi connectivity index (χ1v) is 9.69. The normalized spacial score (nSPS) is 11.1. The summed E-state index contributed by atoms with van der Waals surface area (Å²) in [5, 5.41) is 3.42. The van der Waals surface area contributed by atoms with E-state index in [0.29, 0.717) is 17.3 Å². The molecule has 0 aliphatic carbocycles. The summed E-state index contributed by atoms with van der Waals surface area (Å²) in [7, 11) is 1.57. The van der Waals surface area contributed by atoms with E-state index in [0.717, 1.165) is 28.0 Å². The lowest BCUT2D eigenvalue weighted by atomic mass is 10.2. The maximum Gasteiger partial charge on any atom is 0.244 e. The third-order valence-electron chi connectivity index (χ3n) is 4.58. The molecule has 0 saturated carbocycles. The molecule has 7 heteroatoms. The molecular formula is C23H19ClN4O2. The van der Waals surface area contributed by atoms with Crippen LogP contribution in [-0.4, -0.2) is 27.6 Å². The van der Waals surface area contributed by atoms with E-state index in [9.17, 15) is 4.79 Å². The largest absolute Gasteiger partial charge is 0.496 e. The number of carbonyl (C=O) groups is 1. The number of nitrogens with zero attached hydrogens (tertiary/aromatic N) is 3. The first-order chi connectivity index (χ1) is 14.6. The van der Waals surface area contributed by atoms with Crippen LogP contribution < -0.4 is 10.1 Å². The molecule has 0 aliphatic heterocycles. The zero-order valence-electron chi connectivity index (χ0n) is 16.2. The zero-order chi connectivity index (χ0) is 20.9. The minimum Gasteiger partial charge on any atom is -0.496 e. The second-order valence-electron chi connectivity index (χ2n) is 6.57. The van der Waals surface area contributed by atoms with Gasteiger partial charge in [0.1, 0.15) is 17.9 Å². The first kappa shape index (κ1) is 19.7. The summed E-state index contributed by atoms with van der Waals surface area (Å²) in [5.74, 6) is 1.20. The van der Waals surface area contributed by atoms with E-state index in [1.54, 1.807) is 43.9 Å². The predicted octanol–water partition coefficient (Wildman–Crippen LogP) is 4.41. The van der Waals surface area contributed by atoms with Crippen LogP contribution >= 0.6 is 11.6 Å². The highest BCUT2D eigenvalue weighted by atomic mass is 35.5. The number of rotatable bonds is 6. The maximum atomic E-state index is 12.2. The molecule has 2 aromatic heterocycles. The molecular weight excluding hydrogens is 400 g/mol. The Labute approximate surface area is 178 Å². The average molecular weight is 419 g/mol. The number of amides is 1. The van der Waals surface area contributed by atoms with Gasteiger partial charge in [-0.25, -0.2) is 9.97 Å². The molecule has 0 atom stereocenters. The molecule has 0 spiro atoms. The van der Waals surface area contributed by atoms with Crippen LogP contribution in [0.15, 0.2) is 73.2 Å². The third kappa shape index (κ3) is 4.34. The molecule has 6 nitrogen and oxygen atoms in total. The average Bonchev–Trinajstić information content (AvgIpc) is 3.21. The Morgan fingerprint density at radius 2 is 2.03 bits per heavy atom. The Morgan fingerprint density at radius 3 is 2.83 bits per heavy atom. The number of nitrogens with one attached hydrogen (secondary N) is 1. The highest BCUT2D eigenvalue weighted by Gasteiger charge is 2.06. The number of imidazole rings is 1. The van der Waals surface area contributed by atoms with Gasteiger partial charge in [0, 0.05) is 29.4 Å². The fourth-order valence-corrected chi connectivity index (χ4v) is 3.24. The van der Waals surface area contributed by atoms with Crippen LogP contribution in [-0.2, 0) is 11.3 Å². The van der Waals surface area contributed by atoms with Gasteiger partial charge in [-0.15, -0.1) is 0 Å². The summed E-state index contributed by atoms with van der Waals surface area (Å²) in [6.45, 7) is 0.369. The number of fused-ring (bicyclic) bond motifs is 1. The number of aromatic nitrogens is 3. The predicted molar refractivity (Wildman–Crippen MR) is 118 cm³/mol. The van der Waals surface area contributed by atoms with E-state index < -0.39 is 0 Å². The lowest BCUT2D eigenvalue weighted by Gasteiger charge is -2.06. The van der Waals surface area contributed by atoms with Gasteiger partial charge in [0.15, 0.2) is 0 Å². The van der Waals surface area contributed by atoms with E-state index in [1.807, 2.05) is 41.0 Å². The van der Waals surface area contributed by atoms with E-state index >= 15 is 0 Å². The van der Waals surface area contributed by atoms with Gasteiger partial charge in [0.2, 0.25) is 5.91 Å². The Kier molecular flexibility index (Phi) is 5.77. The van der Waals surface area contributed by atoms with E-state index in [-0.39, 0.29) is 5.91 Å². The molecule has 0 bridgehead atoms. The van der Waals surface area contributed by atoms with Gasteiger partial charge >= 0.3 is 0 Å². The highest BCUT2D eigenvalue weighted by molar-refractivity contribution is 6.30. The molecule has 0 saturated heterocycles. The lowest BCUT2D eigenvalue weighted by Crippen LogP contribution is -2.20. The van der Waals surface area contributed by atoms with E-state index in [1.165, 1.54) is 6.08 Å². The van der Waals surface area contributed by atoms with Crippen molar-refractivity contribution in [2.24, 2.45) is 0 Å². The van der Waals surface area contributed by atoms with Crippen LogP contribution in [0, 0.1) is 0 Å². The minimum atomic E-state index is -0.221. The number of methoxy groups -OCH3 is 1. The smallest absolute Gasteiger partial charge is 0.244 e. The van der Waals surface area contributed by atoms with Crippen molar-refractivity contribution in [1.82, 2.24) is 19.9 Å². The van der Waals surface area contributed by atoms with Crippen LogP contribution in [0.2, 0.25) is 5.02 Å². The molecule has 2 aromatic carbocycles. The molecule has 150 valence electrons. The monoisotopic (exact) mass is 418 g/mol. The van der Waals surface area contributed by atoms with Crippen molar-refractivity contribution in [3.63, 3.8) is 0 Å². The maximum absolute atomic E-state index is 12.2. The topological polar surface area (TPSA) is 69.0 Å². The second-order valence-corrected chi connectivity index (χ2v) is 7.00. The molecule has 2 heterocycles. The van der Waals surface area contributed by atoms with Gasteiger partial charge in [-0.1, -0.05) is 29.8 Å². The zero-order valence-corrected chi connectivity index (χ0v) is 17.0. The third-order valence-corrected chi connectivity index (χ3v) is 4.82. The van der Waals surface area contributed by atoms with Crippen LogP contribution in [0.25, 0.3) is 22.9 Å². The van der Waals surface area contributed by atoms with Crippen molar-refractivity contribution >= 4 is 34.6 Å². The van der Waals surface area contributed by atoms with Crippen LogP contribution in [0.4, 0.5) is 0 Å². The van der Waals surface area contributed by atoms with E-state index in [4.69, 9.17) is 16.3 Å². The minimum absolute atomic E-state index is 0.221. The summed E-state index contributed by atoms with van der Waals surface area (Å²) >= 11 is 6.01. The first-order valence-electron chi connectivity index (χ1n) is 9.31. The Morgan fingerprint density at radius 1 is 1.17 bits per heavy atom. The molecule has 1 amide bonds. The number of ether oxygens (including phenoxy) is 1. The Bertz CT molecular complexity index is 1220. The van der Waals surface area contributed by atoms with Gasteiger partial charge < -0.3 is 10.1 Å². The van der Waals surface area contributed by atoms with Crippen molar-refractivity contribution in [3.8, 4) is 11.6 Å². The summed E-state index contributed by atoms with van der Waals surface area (Å²) < 4.78 is 7.20. The number of hydrogen-bond acceptors (Lipinski definition) is 4. The van der Waals surface area contributed by atoms with Crippen molar-refractivity contribution in [3.05, 3.63) is 89.3 Å². The Balaban J connectivity index is 1.39. The van der Waals surface area contributed by atoms with Gasteiger partial charge in [0.05, 0.1) is 18.1 Å². The standard InChI is InChI=1S/C23H19ClN4O2/c1-30-21-9-8-18(24)12-17(21)7-11-23(29)26-14-16-6-10-22(25-13-16)28-15-27-19-4-2-3-5-20(19)28/h2-13,15H,14H2,1H3,(H,26,29)/b11-7+. The fourth-order valence-electron chi connectivity index (χ4n) is 3.05. The quantitative estimate of drug-likeness (QED) is 0.471. The number of benzene rings is 2. The van der Waals surface area contributed by atoms with Crippen LogP contribution in [0.5, 0.6) is 5.75 Å². The molecule has 0 fully saturated rings. The molecule has 4 rings (SSSR count). The number of carbonyl (C=O) groups excluding carboxylic acids is 1. The van der Waals surface area contributed by atoms with Crippen molar-refractivity contribution < 1.29 is 9.53 Å².